The summed E-state index contributed by atoms with van der Waals surface area (Å²) in [6.07, 6.45) is 6.52. The predicted octanol–water partition coefficient (Wildman–Crippen LogP) is 5.57. The highest BCUT2D eigenvalue weighted by molar-refractivity contribution is 5.79. The minimum Gasteiger partial charge on any atom is -0.290 e. The Kier molecular flexibility index (Phi) is 7.31. The van der Waals surface area contributed by atoms with Crippen molar-refractivity contribution >= 4 is 0 Å². The van der Waals surface area contributed by atoms with Crippen molar-refractivity contribution in [1.82, 2.24) is 34.7 Å². The Hall–Kier alpha value is -4.33. The zero-order valence-corrected chi connectivity index (χ0v) is 22.3. The van der Waals surface area contributed by atoms with Crippen molar-refractivity contribution in [2.45, 2.75) is 59.4 Å². The first kappa shape index (κ1) is 25.3. The smallest absolute Gasteiger partial charge is 0.290 e. The van der Waals surface area contributed by atoms with Crippen LogP contribution in [-0.4, -0.2) is 34.7 Å². The van der Waals surface area contributed by atoms with E-state index in [9.17, 15) is 4.79 Å². The van der Waals surface area contributed by atoms with Crippen LogP contribution in [0.2, 0.25) is 0 Å². The Balaban J connectivity index is 1.52. The van der Waals surface area contributed by atoms with Crippen molar-refractivity contribution < 1.29 is 0 Å². The van der Waals surface area contributed by atoms with Gasteiger partial charge in [0.2, 0.25) is 0 Å². The maximum atomic E-state index is 13.9. The minimum atomic E-state index is -0.0229. The van der Waals surface area contributed by atoms with Gasteiger partial charge in [-0.2, -0.15) is 0 Å². The summed E-state index contributed by atoms with van der Waals surface area (Å²) in [6.45, 7) is 9.05. The fourth-order valence-electron chi connectivity index (χ4n) is 5.02. The number of benzene rings is 2. The number of rotatable bonds is 9. The molecule has 1 N–H and O–H groups in total. The average molecular weight is 508 g/mol. The summed E-state index contributed by atoms with van der Waals surface area (Å²) in [5.74, 6) is 0.918. The normalized spacial score (nSPS) is 11.4. The van der Waals surface area contributed by atoms with Crippen LogP contribution in [0.5, 0.6) is 0 Å². The molecule has 0 atom stereocenters. The largest absolute Gasteiger partial charge is 0.333 e. The van der Waals surface area contributed by atoms with Gasteiger partial charge >= 0.3 is 5.69 Å². The van der Waals surface area contributed by atoms with Crippen LogP contribution < -0.4 is 5.69 Å². The van der Waals surface area contributed by atoms with E-state index in [0.717, 1.165) is 53.0 Å². The van der Waals surface area contributed by atoms with Crippen LogP contribution in [0.25, 0.3) is 28.2 Å². The quantitative estimate of drug-likeness (QED) is 0.282. The van der Waals surface area contributed by atoms with E-state index in [1.165, 1.54) is 11.1 Å². The molecule has 0 radical (unpaired) electrons. The van der Waals surface area contributed by atoms with E-state index in [1.54, 1.807) is 0 Å². The van der Waals surface area contributed by atoms with Gasteiger partial charge in [0, 0.05) is 29.2 Å². The summed E-state index contributed by atoms with van der Waals surface area (Å²) in [4.78, 5) is 18.6. The Morgan fingerprint density at radius 3 is 2.45 bits per heavy atom. The molecule has 194 valence electrons. The Morgan fingerprint density at radius 1 is 0.974 bits per heavy atom. The van der Waals surface area contributed by atoms with Crippen molar-refractivity contribution in [2.24, 2.45) is 0 Å². The molecule has 8 heteroatoms. The molecule has 0 bridgehead atoms. The topological polar surface area (TPSA) is 94.3 Å². The first-order chi connectivity index (χ1) is 18.5. The number of imidazole rings is 1. The van der Waals surface area contributed by atoms with Crippen LogP contribution in [-0.2, 0) is 19.4 Å². The molecule has 0 aliphatic carbocycles. The molecule has 5 rings (SSSR count). The molecule has 0 saturated carbocycles. The van der Waals surface area contributed by atoms with Gasteiger partial charge in [-0.1, -0.05) is 82.6 Å². The molecule has 8 nitrogen and oxygen atoms in total. The Labute approximate surface area is 222 Å². The lowest BCUT2D eigenvalue weighted by molar-refractivity contribution is 0.677. The highest BCUT2D eigenvalue weighted by atomic mass is 16.1. The van der Waals surface area contributed by atoms with Crippen molar-refractivity contribution in [2.75, 3.05) is 0 Å². The zero-order valence-electron chi connectivity index (χ0n) is 22.3. The van der Waals surface area contributed by atoms with Gasteiger partial charge < -0.3 is 0 Å². The van der Waals surface area contributed by atoms with E-state index >= 15 is 0 Å². The van der Waals surface area contributed by atoms with Gasteiger partial charge in [-0.05, 0) is 51.9 Å². The fraction of sp³-hybridized carbons (Fsp3) is 0.300. The van der Waals surface area contributed by atoms with E-state index in [1.807, 2.05) is 57.9 Å². The van der Waals surface area contributed by atoms with Crippen molar-refractivity contribution in [1.29, 1.82) is 0 Å². The fourth-order valence-corrected chi connectivity index (χ4v) is 5.02. The van der Waals surface area contributed by atoms with Gasteiger partial charge in [-0.25, -0.2) is 9.89 Å². The maximum absolute atomic E-state index is 13.9. The van der Waals surface area contributed by atoms with Crippen LogP contribution in [0.1, 0.15) is 62.5 Å². The number of hydrogen-bond acceptors (Lipinski definition) is 5. The number of aryl methyl sites for hydroxylation is 2. The molecule has 0 saturated heterocycles. The van der Waals surface area contributed by atoms with E-state index in [2.05, 4.69) is 66.5 Å². The molecule has 2 aromatic carbocycles. The second-order valence-corrected chi connectivity index (χ2v) is 9.81. The Morgan fingerprint density at radius 2 is 1.79 bits per heavy atom. The summed E-state index contributed by atoms with van der Waals surface area (Å²) >= 11 is 0. The van der Waals surface area contributed by atoms with E-state index in [4.69, 9.17) is 4.98 Å². The number of H-pyrrole nitrogens is 1. The number of aromatic nitrogens is 7. The highest BCUT2D eigenvalue weighted by Gasteiger charge is 2.19. The van der Waals surface area contributed by atoms with Gasteiger partial charge in [-0.15, -0.1) is 5.10 Å². The minimum absolute atomic E-state index is 0.0229. The van der Waals surface area contributed by atoms with Gasteiger partial charge in [0.05, 0.1) is 17.9 Å². The van der Waals surface area contributed by atoms with Crippen LogP contribution >= 0.6 is 0 Å². The van der Waals surface area contributed by atoms with E-state index in [0.29, 0.717) is 18.3 Å². The van der Waals surface area contributed by atoms with E-state index in [-0.39, 0.29) is 5.69 Å². The van der Waals surface area contributed by atoms with Crippen LogP contribution in [0, 0.1) is 0 Å². The summed E-state index contributed by atoms with van der Waals surface area (Å²) in [7, 11) is 0. The van der Waals surface area contributed by atoms with Crippen molar-refractivity contribution in [3.05, 3.63) is 100.0 Å². The first-order valence-corrected chi connectivity index (χ1v) is 13.2. The van der Waals surface area contributed by atoms with Crippen LogP contribution in [0.4, 0.5) is 0 Å². The van der Waals surface area contributed by atoms with Gasteiger partial charge in [0.1, 0.15) is 0 Å². The molecule has 0 aliphatic heterocycles. The first-order valence-electron chi connectivity index (χ1n) is 13.2. The van der Waals surface area contributed by atoms with Gasteiger partial charge in [-0.3, -0.25) is 14.1 Å². The number of para-hydroxylation sites is 1. The molecule has 0 spiro atoms. The number of aromatic amines is 1. The third-order valence-electron chi connectivity index (χ3n) is 6.95. The number of tetrazole rings is 1. The molecular weight excluding hydrogens is 474 g/mol. The van der Waals surface area contributed by atoms with Crippen LogP contribution in [0.3, 0.4) is 0 Å². The molecule has 5 aromatic rings. The predicted molar refractivity (Wildman–Crippen MR) is 149 cm³/mol. The summed E-state index contributed by atoms with van der Waals surface area (Å²) in [5.41, 5.74) is 8.07. The molecular formula is C30H33N7O. The molecule has 3 heterocycles. The highest BCUT2D eigenvalue weighted by Crippen LogP contribution is 2.30. The molecule has 38 heavy (non-hydrogen) atoms. The monoisotopic (exact) mass is 507 g/mol. The summed E-state index contributed by atoms with van der Waals surface area (Å²) in [5, 5.41) is 14.3. The standard InChI is InChI=1S/C30H33N7O/c1-5-10-24-19-37(28-21(6-2)11-9-14-25(28)20(3)4)30(38)36(24)18-23-16-15-22(17-31-23)26-12-7-8-13-27(26)29-32-34-35-33-29/h7-9,11-17,19-20H,5-6,10,18H2,1-4H3,(H,32,33,34,35). The lowest BCUT2D eigenvalue weighted by Crippen LogP contribution is -2.26. The van der Waals surface area contributed by atoms with Crippen molar-refractivity contribution in [3.63, 3.8) is 0 Å². The lowest BCUT2D eigenvalue weighted by Gasteiger charge is -2.16. The van der Waals surface area contributed by atoms with Gasteiger partial charge in [0.25, 0.3) is 0 Å². The zero-order chi connectivity index (χ0) is 26.6. The van der Waals surface area contributed by atoms with Gasteiger partial charge in [0.15, 0.2) is 5.82 Å². The SMILES string of the molecule is CCCc1cn(-c2c(CC)cccc2C(C)C)c(=O)n1Cc1ccc(-c2ccccc2-c2nnn[nH]2)cn1. The number of nitrogens with one attached hydrogen (secondary N) is 1. The lowest BCUT2D eigenvalue weighted by atomic mass is 9.96. The second-order valence-electron chi connectivity index (χ2n) is 9.81. The van der Waals surface area contributed by atoms with E-state index < -0.39 is 0 Å². The third kappa shape index (κ3) is 4.81. The average Bonchev–Trinajstić information content (AvgIpc) is 3.58. The molecule has 0 aliphatic rings. The van der Waals surface area contributed by atoms with Crippen molar-refractivity contribution in [3.8, 4) is 28.2 Å². The second kappa shape index (κ2) is 11.0. The molecule has 0 amide bonds. The number of hydrogen-bond donors (Lipinski definition) is 1. The van der Waals surface area contributed by atoms with Crippen LogP contribution in [0.15, 0.2) is 71.8 Å². The molecule has 3 aromatic heterocycles. The summed E-state index contributed by atoms with van der Waals surface area (Å²) in [6, 6.07) is 18.3. The summed E-state index contributed by atoms with van der Waals surface area (Å²) < 4.78 is 3.73. The molecule has 0 unspecified atom stereocenters. The number of nitrogens with zero attached hydrogens (tertiary/aromatic N) is 6. The maximum Gasteiger partial charge on any atom is 0.333 e. The third-order valence-corrected chi connectivity index (χ3v) is 6.95. The molecule has 0 fully saturated rings. The number of pyridine rings is 1. The Bertz CT molecular complexity index is 1580.